The molecule has 6 heteroatoms. The molecule has 2 rings (SSSR count). The van der Waals surface area contributed by atoms with E-state index in [-0.39, 0.29) is 17.7 Å². The molecule has 0 radical (unpaired) electrons. The second-order valence-electron chi connectivity index (χ2n) is 5.26. The van der Waals surface area contributed by atoms with Crippen LogP contribution in [0.2, 0.25) is 0 Å². The minimum Gasteiger partial charge on any atom is -0.481 e. The third-order valence-electron chi connectivity index (χ3n) is 3.98. The van der Waals surface area contributed by atoms with Gasteiger partial charge in [-0.05, 0) is 25.0 Å². The fraction of sp³-hybridized carbons (Fsp3) is 0.438. The fourth-order valence-electron chi connectivity index (χ4n) is 2.57. The molecule has 0 bridgehead atoms. The highest BCUT2D eigenvalue weighted by Gasteiger charge is 2.28. The van der Waals surface area contributed by atoms with Crippen LogP contribution in [0.5, 0.6) is 5.88 Å². The number of hydrogen-bond acceptors (Lipinski definition) is 4. The number of carbonyl (C=O) groups excluding carboxylic acids is 2. The summed E-state index contributed by atoms with van der Waals surface area (Å²) in [6.45, 7) is 4.67. The number of amides is 2. The Balaban J connectivity index is 1.96. The lowest BCUT2D eigenvalue weighted by atomic mass is 9.95. The van der Waals surface area contributed by atoms with Crippen molar-refractivity contribution in [2.75, 3.05) is 32.1 Å². The van der Waals surface area contributed by atoms with E-state index in [2.05, 4.69) is 11.6 Å². The molecule has 0 N–H and O–H groups in total. The quantitative estimate of drug-likeness (QED) is 0.790. The molecule has 6 nitrogen and oxygen atoms in total. The molecule has 0 aromatic carbocycles. The zero-order valence-electron chi connectivity index (χ0n) is 13.0. The third kappa shape index (κ3) is 3.44. The van der Waals surface area contributed by atoms with Gasteiger partial charge in [-0.1, -0.05) is 6.58 Å². The summed E-state index contributed by atoms with van der Waals surface area (Å²) in [5, 5.41) is 0. The number of methoxy groups -OCH3 is 1. The molecule has 118 valence electrons. The predicted octanol–water partition coefficient (Wildman–Crippen LogP) is 1.48. The Hall–Kier alpha value is -2.37. The van der Waals surface area contributed by atoms with Crippen molar-refractivity contribution in [1.29, 1.82) is 0 Å². The lowest BCUT2D eigenvalue weighted by Gasteiger charge is -2.32. The Morgan fingerprint density at radius 2 is 2.09 bits per heavy atom. The summed E-state index contributed by atoms with van der Waals surface area (Å²) in [6.07, 6.45) is 4.28. The first kappa shape index (κ1) is 16.0. The number of hydrogen-bond donors (Lipinski definition) is 0. The second kappa shape index (κ2) is 7.06. The topological polar surface area (TPSA) is 62.7 Å². The highest BCUT2D eigenvalue weighted by Crippen LogP contribution is 2.23. The molecule has 1 aromatic rings. The zero-order chi connectivity index (χ0) is 16.1. The van der Waals surface area contributed by atoms with Crippen molar-refractivity contribution < 1.29 is 14.3 Å². The van der Waals surface area contributed by atoms with E-state index in [1.807, 2.05) is 0 Å². The Kier molecular flexibility index (Phi) is 5.14. The smallest absolute Gasteiger partial charge is 0.245 e. The molecule has 1 fully saturated rings. The molecule has 0 atom stereocenters. The number of pyridine rings is 1. The molecule has 1 aliphatic rings. The van der Waals surface area contributed by atoms with E-state index in [1.165, 1.54) is 6.08 Å². The van der Waals surface area contributed by atoms with Gasteiger partial charge in [0.1, 0.15) is 0 Å². The van der Waals surface area contributed by atoms with E-state index in [0.29, 0.717) is 31.8 Å². The van der Waals surface area contributed by atoms with Crippen LogP contribution in [0.3, 0.4) is 0 Å². The first-order chi connectivity index (χ1) is 10.6. The van der Waals surface area contributed by atoms with E-state index in [4.69, 9.17) is 4.74 Å². The fourth-order valence-corrected chi connectivity index (χ4v) is 2.57. The van der Waals surface area contributed by atoms with Gasteiger partial charge in [-0.15, -0.1) is 0 Å². The maximum absolute atomic E-state index is 12.5. The zero-order valence-corrected chi connectivity index (χ0v) is 13.0. The van der Waals surface area contributed by atoms with E-state index in [1.54, 1.807) is 42.3 Å². The average molecular weight is 303 g/mol. The van der Waals surface area contributed by atoms with Gasteiger partial charge in [0.15, 0.2) is 0 Å². The summed E-state index contributed by atoms with van der Waals surface area (Å²) in [6, 6.07) is 3.53. The molecule has 1 aliphatic heterocycles. The molecule has 22 heavy (non-hydrogen) atoms. The van der Waals surface area contributed by atoms with Gasteiger partial charge < -0.3 is 14.5 Å². The van der Waals surface area contributed by atoms with Crippen molar-refractivity contribution in [3.05, 3.63) is 31.0 Å². The van der Waals surface area contributed by atoms with Crippen LogP contribution in [0.25, 0.3) is 0 Å². The number of likely N-dealkylation sites (tertiary alicyclic amines) is 1. The van der Waals surface area contributed by atoms with Crippen LogP contribution in [-0.2, 0) is 9.59 Å². The van der Waals surface area contributed by atoms with E-state index in [9.17, 15) is 9.59 Å². The number of rotatable bonds is 4. The average Bonchev–Trinajstić information content (AvgIpc) is 2.60. The van der Waals surface area contributed by atoms with Crippen molar-refractivity contribution in [2.45, 2.75) is 12.8 Å². The lowest BCUT2D eigenvalue weighted by Crippen LogP contribution is -2.43. The minimum absolute atomic E-state index is 0.0534. The Bertz CT molecular complexity index is 548. The molecule has 0 spiro atoms. The van der Waals surface area contributed by atoms with Crippen molar-refractivity contribution in [3.63, 3.8) is 0 Å². The predicted molar refractivity (Wildman–Crippen MR) is 83.7 cm³/mol. The molecule has 2 heterocycles. The van der Waals surface area contributed by atoms with Crippen LogP contribution in [0.1, 0.15) is 12.8 Å². The molecule has 0 unspecified atom stereocenters. The molecular formula is C16H21N3O3. The summed E-state index contributed by atoms with van der Waals surface area (Å²) in [4.78, 5) is 31.5. The Morgan fingerprint density at radius 1 is 1.41 bits per heavy atom. The van der Waals surface area contributed by atoms with Crippen molar-refractivity contribution in [1.82, 2.24) is 9.88 Å². The number of carbonyl (C=O) groups is 2. The highest BCUT2D eigenvalue weighted by atomic mass is 16.5. The van der Waals surface area contributed by atoms with Gasteiger partial charge in [-0.2, -0.15) is 0 Å². The Labute approximate surface area is 130 Å². The van der Waals surface area contributed by atoms with Gasteiger partial charge in [0, 0.05) is 32.1 Å². The molecule has 0 saturated carbocycles. The number of anilines is 1. The molecule has 0 aliphatic carbocycles. The van der Waals surface area contributed by atoms with Gasteiger partial charge in [0.05, 0.1) is 19.0 Å². The van der Waals surface area contributed by atoms with Crippen molar-refractivity contribution in [2.24, 2.45) is 5.92 Å². The minimum atomic E-state index is -0.0707. The first-order valence-electron chi connectivity index (χ1n) is 7.25. The summed E-state index contributed by atoms with van der Waals surface area (Å²) in [5.41, 5.74) is 0.732. The molecule has 2 amide bonds. The van der Waals surface area contributed by atoms with Crippen molar-refractivity contribution >= 4 is 17.5 Å². The lowest BCUT2D eigenvalue weighted by molar-refractivity contribution is -0.130. The van der Waals surface area contributed by atoms with Crippen LogP contribution >= 0.6 is 0 Å². The Morgan fingerprint density at radius 3 is 2.59 bits per heavy atom. The molecule has 1 aromatic heterocycles. The highest BCUT2D eigenvalue weighted by molar-refractivity contribution is 5.94. The first-order valence-corrected chi connectivity index (χ1v) is 7.25. The number of aromatic nitrogens is 1. The number of piperidine rings is 1. The summed E-state index contributed by atoms with van der Waals surface area (Å²) < 4.78 is 5.01. The SMILES string of the molecule is C=CC(=O)N1CCC(C(=O)N(C)c2ccc(OC)nc2)CC1. The van der Waals surface area contributed by atoms with Crippen LogP contribution in [0.15, 0.2) is 31.0 Å². The van der Waals surface area contributed by atoms with Gasteiger partial charge in [-0.25, -0.2) is 4.98 Å². The maximum Gasteiger partial charge on any atom is 0.245 e. The molecular weight excluding hydrogens is 282 g/mol. The summed E-state index contributed by atoms with van der Waals surface area (Å²) in [7, 11) is 3.29. The van der Waals surface area contributed by atoms with Crippen LogP contribution in [-0.4, -0.2) is 48.9 Å². The van der Waals surface area contributed by atoms with Gasteiger partial charge in [0.25, 0.3) is 0 Å². The normalized spacial score (nSPS) is 15.3. The van der Waals surface area contributed by atoms with E-state index in [0.717, 1.165) is 5.69 Å². The van der Waals surface area contributed by atoms with Crippen molar-refractivity contribution in [3.8, 4) is 5.88 Å². The monoisotopic (exact) mass is 303 g/mol. The van der Waals surface area contributed by atoms with Crippen LogP contribution in [0.4, 0.5) is 5.69 Å². The van der Waals surface area contributed by atoms with Gasteiger partial charge >= 0.3 is 0 Å². The largest absolute Gasteiger partial charge is 0.481 e. The van der Waals surface area contributed by atoms with Crippen LogP contribution in [0, 0.1) is 5.92 Å². The van der Waals surface area contributed by atoms with E-state index >= 15 is 0 Å². The van der Waals surface area contributed by atoms with Crippen LogP contribution < -0.4 is 9.64 Å². The maximum atomic E-state index is 12.5. The number of nitrogens with zero attached hydrogens (tertiary/aromatic N) is 3. The van der Waals surface area contributed by atoms with Gasteiger partial charge in [0.2, 0.25) is 17.7 Å². The third-order valence-corrected chi connectivity index (χ3v) is 3.98. The standard InChI is InChI=1S/C16H21N3O3/c1-4-15(20)19-9-7-12(8-10-19)16(21)18(2)13-5-6-14(22-3)17-11-13/h4-6,11-12H,1,7-10H2,2-3H3. The van der Waals surface area contributed by atoms with E-state index < -0.39 is 0 Å². The number of ether oxygens (including phenoxy) is 1. The summed E-state index contributed by atoms with van der Waals surface area (Å²) in [5.74, 6) is 0.429. The molecule has 1 saturated heterocycles. The van der Waals surface area contributed by atoms with Gasteiger partial charge in [-0.3, -0.25) is 9.59 Å². The second-order valence-corrected chi connectivity index (χ2v) is 5.26. The summed E-state index contributed by atoms with van der Waals surface area (Å²) >= 11 is 0.